The number of carbonyl (C=O) groups excluding carboxylic acids is 1. The molecular weight excluding hydrogens is 451 g/mol. The molecule has 0 fully saturated rings. The van der Waals surface area contributed by atoms with Crippen molar-refractivity contribution in [1.82, 2.24) is 4.98 Å². The number of nitrogens with one attached hydrogen (secondary N) is 1. The zero-order chi connectivity index (χ0) is 22.9. The van der Waals surface area contributed by atoms with Crippen LogP contribution in [0.3, 0.4) is 0 Å². The van der Waals surface area contributed by atoms with E-state index >= 15 is 0 Å². The molecule has 164 valence electrons. The highest BCUT2D eigenvalue weighted by Gasteiger charge is 2.39. The summed E-state index contributed by atoms with van der Waals surface area (Å²) in [5.74, 6) is -0.412. The molecule has 32 heavy (non-hydrogen) atoms. The van der Waals surface area contributed by atoms with Gasteiger partial charge in [-0.05, 0) is 53.6 Å². The normalized spacial score (nSPS) is 12.5. The summed E-state index contributed by atoms with van der Waals surface area (Å²) in [6, 6.07) is 18.5. The SMILES string of the molecule is CC(C)(C(=O)Nc1nc2ccc(Cl)cc2s1)C(c1ccc(O)cc1)c1ccc(OF)cc1. The van der Waals surface area contributed by atoms with E-state index < -0.39 is 5.41 Å². The first-order chi connectivity index (χ1) is 15.3. The summed E-state index contributed by atoms with van der Waals surface area (Å²) >= 11 is 7.40. The molecule has 0 bridgehead atoms. The van der Waals surface area contributed by atoms with E-state index in [1.165, 1.54) is 23.5 Å². The van der Waals surface area contributed by atoms with Crippen LogP contribution in [0.2, 0.25) is 5.02 Å². The monoisotopic (exact) mass is 470 g/mol. The fourth-order valence-electron chi connectivity index (χ4n) is 3.75. The van der Waals surface area contributed by atoms with E-state index in [2.05, 4.69) is 15.2 Å². The summed E-state index contributed by atoms with van der Waals surface area (Å²) in [6.07, 6.45) is 0. The van der Waals surface area contributed by atoms with Gasteiger partial charge in [0.15, 0.2) is 10.9 Å². The van der Waals surface area contributed by atoms with Crippen molar-refractivity contribution in [3.63, 3.8) is 0 Å². The fraction of sp³-hybridized carbons (Fsp3) is 0.167. The second-order valence-corrected chi connectivity index (χ2v) is 9.44. The molecule has 0 aliphatic rings. The van der Waals surface area contributed by atoms with Crippen LogP contribution < -0.4 is 10.3 Å². The third-order valence-corrected chi connectivity index (χ3v) is 6.58. The number of hydrogen-bond acceptors (Lipinski definition) is 5. The number of rotatable bonds is 6. The Bertz CT molecular complexity index is 1260. The summed E-state index contributed by atoms with van der Waals surface area (Å²) in [7, 11) is 0. The van der Waals surface area contributed by atoms with Gasteiger partial charge in [0, 0.05) is 15.5 Å². The average Bonchev–Trinajstić information content (AvgIpc) is 3.17. The van der Waals surface area contributed by atoms with Gasteiger partial charge in [-0.2, -0.15) is 0 Å². The quantitative estimate of drug-likeness (QED) is 0.328. The molecule has 4 rings (SSSR count). The van der Waals surface area contributed by atoms with E-state index in [9.17, 15) is 14.4 Å². The minimum atomic E-state index is -0.926. The fourth-order valence-corrected chi connectivity index (χ4v) is 4.88. The lowest BCUT2D eigenvalue weighted by Gasteiger charge is -2.33. The lowest BCUT2D eigenvalue weighted by Crippen LogP contribution is -2.37. The molecule has 5 nitrogen and oxygen atoms in total. The van der Waals surface area contributed by atoms with Gasteiger partial charge in [-0.15, -0.1) is 0 Å². The Balaban J connectivity index is 1.70. The standard InChI is InChI=1S/C24H20ClFN2O3S/c1-24(2,22(30)28-23-27-19-12-7-16(25)13-20(19)32-23)21(14-3-8-17(29)9-4-14)15-5-10-18(31-26)11-6-15/h3-13,21,29H,1-2H3,(H,27,28,30). The summed E-state index contributed by atoms with van der Waals surface area (Å²) in [4.78, 5) is 21.7. The number of hydrogen-bond donors (Lipinski definition) is 2. The molecular formula is C24H20ClFN2O3S. The Hall–Kier alpha value is -3.16. The predicted molar refractivity (Wildman–Crippen MR) is 125 cm³/mol. The number of aromatic nitrogens is 1. The van der Waals surface area contributed by atoms with E-state index in [0.29, 0.717) is 10.2 Å². The first-order valence-electron chi connectivity index (χ1n) is 9.83. The zero-order valence-corrected chi connectivity index (χ0v) is 18.9. The summed E-state index contributed by atoms with van der Waals surface area (Å²) in [5.41, 5.74) is 1.45. The molecule has 1 aromatic heterocycles. The van der Waals surface area contributed by atoms with Crippen molar-refractivity contribution < 1.29 is 19.4 Å². The molecule has 0 saturated carbocycles. The smallest absolute Gasteiger partial charge is 0.232 e. The number of carbonyl (C=O) groups is 1. The maximum Gasteiger partial charge on any atom is 0.232 e. The van der Waals surface area contributed by atoms with Crippen molar-refractivity contribution in [3.8, 4) is 11.5 Å². The molecule has 2 N–H and O–H groups in total. The number of phenolic OH excluding ortho intramolecular Hbond substituents is 1. The van der Waals surface area contributed by atoms with E-state index in [1.807, 2.05) is 26.0 Å². The molecule has 1 amide bonds. The van der Waals surface area contributed by atoms with Gasteiger partial charge in [0.25, 0.3) is 0 Å². The Morgan fingerprint density at radius 3 is 2.34 bits per heavy atom. The van der Waals surface area contributed by atoms with Crippen LogP contribution in [-0.4, -0.2) is 16.0 Å². The predicted octanol–water partition coefficient (Wildman–Crippen LogP) is 6.72. The first-order valence-corrected chi connectivity index (χ1v) is 11.0. The van der Waals surface area contributed by atoms with E-state index in [1.54, 1.807) is 42.5 Å². The van der Waals surface area contributed by atoms with Crippen LogP contribution in [0.4, 0.5) is 9.66 Å². The van der Waals surface area contributed by atoms with E-state index in [4.69, 9.17) is 11.6 Å². The van der Waals surface area contributed by atoms with Crippen LogP contribution in [-0.2, 0) is 4.79 Å². The Labute approximate surface area is 193 Å². The number of amides is 1. The van der Waals surface area contributed by atoms with Gasteiger partial charge in [0.1, 0.15) is 5.75 Å². The maximum atomic E-state index is 13.5. The van der Waals surface area contributed by atoms with Crippen LogP contribution in [0.1, 0.15) is 30.9 Å². The Kier molecular flexibility index (Phi) is 6.04. The van der Waals surface area contributed by atoms with Gasteiger partial charge in [0.2, 0.25) is 5.91 Å². The number of fused-ring (bicyclic) bond motifs is 1. The average molecular weight is 471 g/mol. The minimum absolute atomic E-state index is 0.0774. The third kappa shape index (κ3) is 4.40. The minimum Gasteiger partial charge on any atom is -0.508 e. The van der Waals surface area contributed by atoms with Crippen LogP contribution in [0, 0.1) is 5.41 Å². The Morgan fingerprint density at radius 2 is 1.72 bits per heavy atom. The number of anilines is 1. The highest BCUT2D eigenvalue weighted by molar-refractivity contribution is 7.22. The lowest BCUT2D eigenvalue weighted by atomic mass is 9.70. The van der Waals surface area contributed by atoms with Crippen molar-refractivity contribution in [2.45, 2.75) is 19.8 Å². The van der Waals surface area contributed by atoms with Gasteiger partial charge >= 0.3 is 0 Å². The summed E-state index contributed by atoms with van der Waals surface area (Å²) < 4.78 is 13.4. The zero-order valence-electron chi connectivity index (χ0n) is 17.3. The van der Waals surface area contributed by atoms with Crippen LogP contribution >= 0.6 is 22.9 Å². The third-order valence-electron chi connectivity index (χ3n) is 5.41. The van der Waals surface area contributed by atoms with E-state index in [-0.39, 0.29) is 23.3 Å². The largest absolute Gasteiger partial charge is 0.508 e. The van der Waals surface area contributed by atoms with E-state index in [0.717, 1.165) is 21.3 Å². The first kappa shape index (κ1) is 22.0. The summed E-state index contributed by atoms with van der Waals surface area (Å²) in [6.45, 7) is 3.67. The van der Waals surface area contributed by atoms with Crippen LogP contribution in [0.5, 0.6) is 11.5 Å². The number of thiazole rings is 1. The van der Waals surface area contributed by atoms with Crippen LogP contribution in [0.15, 0.2) is 66.7 Å². The van der Waals surface area contributed by atoms with Crippen LogP contribution in [0.25, 0.3) is 10.2 Å². The molecule has 0 saturated heterocycles. The number of nitrogens with zero attached hydrogens (tertiary/aromatic N) is 1. The topological polar surface area (TPSA) is 71.5 Å². The van der Waals surface area contributed by atoms with Gasteiger partial charge in [-0.1, -0.05) is 61.1 Å². The molecule has 4 aromatic rings. The molecule has 1 heterocycles. The highest BCUT2D eigenvalue weighted by Crippen LogP contribution is 2.43. The number of halogens is 2. The molecule has 0 radical (unpaired) electrons. The van der Waals surface area contributed by atoms with Crippen molar-refractivity contribution in [2.24, 2.45) is 5.41 Å². The molecule has 0 aliphatic heterocycles. The van der Waals surface area contributed by atoms with Gasteiger partial charge in [0.05, 0.1) is 15.6 Å². The maximum absolute atomic E-state index is 13.5. The van der Waals surface area contributed by atoms with Gasteiger partial charge in [-0.25, -0.2) is 4.98 Å². The second-order valence-electron chi connectivity index (χ2n) is 7.98. The molecule has 3 aromatic carbocycles. The molecule has 0 spiro atoms. The molecule has 1 atom stereocenters. The second kappa shape index (κ2) is 8.76. The lowest BCUT2D eigenvalue weighted by molar-refractivity contribution is -0.124. The Morgan fingerprint density at radius 1 is 1.09 bits per heavy atom. The van der Waals surface area contributed by atoms with Crippen molar-refractivity contribution in [2.75, 3.05) is 5.32 Å². The molecule has 8 heteroatoms. The molecule has 1 unspecified atom stereocenters. The van der Waals surface area contributed by atoms with Crippen molar-refractivity contribution >= 4 is 44.2 Å². The number of benzene rings is 3. The van der Waals surface area contributed by atoms with Crippen molar-refractivity contribution in [3.05, 3.63) is 82.9 Å². The number of phenols is 1. The highest BCUT2D eigenvalue weighted by atomic mass is 35.5. The molecule has 0 aliphatic carbocycles. The summed E-state index contributed by atoms with van der Waals surface area (Å²) in [5, 5.41) is 13.7. The number of aromatic hydroxyl groups is 1. The van der Waals surface area contributed by atoms with Gasteiger partial charge < -0.3 is 10.4 Å². The van der Waals surface area contributed by atoms with Crippen molar-refractivity contribution in [1.29, 1.82) is 0 Å². The van der Waals surface area contributed by atoms with Gasteiger partial charge in [-0.3, -0.25) is 9.74 Å².